The van der Waals surface area contributed by atoms with Crippen LogP contribution in [0, 0.1) is 6.92 Å². The maximum Gasteiger partial charge on any atom is 0.280 e. The molecule has 1 heterocycles. The van der Waals surface area contributed by atoms with Crippen molar-refractivity contribution in [3.8, 4) is 0 Å². The molecule has 10 heteroatoms. The molecule has 0 saturated heterocycles. The molecule has 0 radical (unpaired) electrons. The quantitative estimate of drug-likeness (QED) is 0.238. The van der Waals surface area contributed by atoms with Gasteiger partial charge in [0.1, 0.15) is 0 Å². The van der Waals surface area contributed by atoms with Crippen molar-refractivity contribution >= 4 is 64.8 Å². The van der Waals surface area contributed by atoms with Crippen molar-refractivity contribution in [2.45, 2.75) is 11.8 Å². The lowest BCUT2D eigenvalue weighted by Gasteiger charge is -2.15. The van der Waals surface area contributed by atoms with Gasteiger partial charge in [-0.1, -0.05) is 45.5 Å². The number of halogens is 1. The summed E-state index contributed by atoms with van der Waals surface area (Å²) in [4.78, 5) is 18.2. The number of carbonyl (C=O) groups is 1. The topological polar surface area (TPSA) is 82.9 Å². The molecule has 0 spiro atoms. The number of nitrogens with zero attached hydrogens (tertiary/aromatic N) is 4. The Bertz CT molecular complexity index is 1480. The van der Waals surface area contributed by atoms with E-state index < -0.39 is 15.9 Å². The van der Waals surface area contributed by atoms with E-state index in [1.807, 2.05) is 49.4 Å². The third kappa shape index (κ3) is 5.10. The molecule has 0 aliphatic rings. The van der Waals surface area contributed by atoms with Gasteiger partial charge in [0.2, 0.25) is 15.2 Å². The summed E-state index contributed by atoms with van der Waals surface area (Å²) < 4.78 is 27.8. The molecule has 0 aliphatic carbocycles. The standard InChI is InChI=1S/C24H21BrN4O3S2/c1-16-4-13-21-22(14-16)33-24(27-21)29(26-15-17-5-9-19(25)10-6-17)23(30)18-7-11-20(12-8-18)34(31,32)28(2)3/h4-15H,1-3H3/b26-15+. The minimum Gasteiger partial charge on any atom is -0.267 e. The second-order valence-corrected chi connectivity index (χ2v) is 11.8. The fraction of sp³-hybridized carbons (Fsp3) is 0.125. The number of anilines is 1. The van der Waals surface area contributed by atoms with Crippen LogP contribution in [0.2, 0.25) is 0 Å². The highest BCUT2D eigenvalue weighted by Crippen LogP contribution is 2.31. The number of benzene rings is 3. The average molecular weight is 557 g/mol. The molecule has 34 heavy (non-hydrogen) atoms. The van der Waals surface area contributed by atoms with E-state index in [0.29, 0.717) is 10.7 Å². The van der Waals surface area contributed by atoms with Gasteiger partial charge in [0.25, 0.3) is 5.91 Å². The summed E-state index contributed by atoms with van der Waals surface area (Å²) in [6, 6.07) is 19.2. The van der Waals surface area contributed by atoms with E-state index in [1.54, 1.807) is 6.21 Å². The Morgan fingerprint density at radius 3 is 2.35 bits per heavy atom. The fourth-order valence-corrected chi connectivity index (χ4v) is 5.26. The minimum absolute atomic E-state index is 0.106. The Morgan fingerprint density at radius 2 is 1.71 bits per heavy atom. The number of aryl methyl sites for hydroxylation is 1. The van der Waals surface area contributed by atoms with Crippen LogP contribution in [0.15, 0.2) is 81.2 Å². The number of carbonyl (C=O) groups excluding carboxylic acids is 1. The highest BCUT2D eigenvalue weighted by atomic mass is 79.9. The molecule has 1 amide bonds. The van der Waals surface area contributed by atoms with E-state index in [9.17, 15) is 13.2 Å². The van der Waals surface area contributed by atoms with Gasteiger partial charge in [0.05, 0.1) is 21.3 Å². The first-order chi connectivity index (χ1) is 16.1. The van der Waals surface area contributed by atoms with Gasteiger partial charge in [-0.2, -0.15) is 10.1 Å². The molecular formula is C24H21BrN4O3S2. The number of sulfonamides is 1. The van der Waals surface area contributed by atoms with Gasteiger partial charge in [-0.3, -0.25) is 4.79 Å². The minimum atomic E-state index is -3.60. The third-order valence-corrected chi connectivity index (χ3v) is 8.33. The number of amides is 1. The van der Waals surface area contributed by atoms with E-state index in [0.717, 1.165) is 30.1 Å². The summed E-state index contributed by atoms with van der Waals surface area (Å²) in [5, 5.41) is 6.12. The molecule has 1 aromatic heterocycles. The largest absolute Gasteiger partial charge is 0.280 e. The Hall–Kier alpha value is -2.92. The van der Waals surface area contributed by atoms with Gasteiger partial charge >= 0.3 is 0 Å². The molecule has 3 aromatic carbocycles. The van der Waals surface area contributed by atoms with Crippen molar-refractivity contribution in [3.63, 3.8) is 0 Å². The fourth-order valence-electron chi connectivity index (χ4n) is 3.07. The number of aromatic nitrogens is 1. The number of hydrogen-bond donors (Lipinski definition) is 0. The summed E-state index contributed by atoms with van der Waals surface area (Å²) >= 11 is 4.77. The summed E-state index contributed by atoms with van der Waals surface area (Å²) in [5.41, 5.74) is 2.97. The lowest BCUT2D eigenvalue weighted by Crippen LogP contribution is -2.26. The van der Waals surface area contributed by atoms with Crippen LogP contribution in [0.25, 0.3) is 10.2 Å². The molecule has 0 N–H and O–H groups in total. The smallest absolute Gasteiger partial charge is 0.267 e. The van der Waals surface area contributed by atoms with E-state index in [-0.39, 0.29) is 4.90 Å². The lowest BCUT2D eigenvalue weighted by molar-refractivity contribution is 0.0987. The van der Waals surface area contributed by atoms with E-state index in [1.165, 1.54) is 54.7 Å². The van der Waals surface area contributed by atoms with Crippen molar-refractivity contribution in [2.24, 2.45) is 5.10 Å². The van der Waals surface area contributed by atoms with Gasteiger partial charge in [-0.15, -0.1) is 0 Å². The number of thiazole rings is 1. The highest BCUT2D eigenvalue weighted by Gasteiger charge is 2.23. The second-order valence-electron chi connectivity index (χ2n) is 7.69. The molecule has 4 rings (SSSR count). The SMILES string of the molecule is Cc1ccc2nc(N(/N=C/c3ccc(Br)cc3)C(=O)c3ccc(S(=O)(=O)N(C)C)cc3)sc2c1. The van der Waals surface area contributed by atoms with Gasteiger partial charge < -0.3 is 0 Å². The summed E-state index contributed by atoms with van der Waals surface area (Å²) in [6.45, 7) is 2.00. The van der Waals surface area contributed by atoms with Crippen molar-refractivity contribution in [1.82, 2.24) is 9.29 Å². The van der Waals surface area contributed by atoms with Crippen molar-refractivity contribution in [3.05, 3.63) is 87.9 Å². The Morgan fingerprint density at radius 1 is 1.03 bits per heavy atom. The molecule has 4 aromatic rings. The first-order valence-corrected chi connectivity index (χ1v) is 13.2. The first-order valence-electron chi connectivity index (χ1n) is 10.2. The molecular weight excluding hydrogens is 536 g/mol. The van der Waals surface area contributed by atoms with E-state index in [2.05, 4.69) is 26.0 Å². The summed E-state index contributed by atoms with van der Waals surface area (Å²) in [6.07, 6.45) is 1.59. The predicted octanol–water partition coefficient (Wildman–Crippen LogP) is 5.30. The molecule has 0 unspecified atom stereocenters. The van der Waals surface area contributed by atoms with Crippen LogP contribution >= 0.6 is 27.3 Å². The maximum absolute atomic E-state index is 13.5. The molecule has 0 saturated carbocycles. The van der Waals surface area contributed by atoms with Crippen LogP contribution in [0.3, 0.4) is 0 Å². The van der Waals surface area contributed by atoms with Crippen LogP contribution < -0.4 is 5.01 Å². The monoisotopic (exact) mass is 556 g/mol. The molecule has 0 aliphatic heterocycles. The number of fused-ring (bicyclic) bond motifs is 1. The van der Waals surface area contributed by atoms with Crippen LogP contribution in [-0.4, -0.2) is 43.9 Å². The van der Waals surface area contributed by atoms with Crippen LogP contribution in [0.1, 0.15) is 21.5 Å². The zero-order valence-corrected chi connectivity index (χ0v) is 21.9. The van der Waals surface area contributed by atoms with Crippen molar-refractivity contribution in [2.75, 3.05) is 19.1 Å². The molecule has 0 atom stereocenters. The van der Waals surface area contributed by atoms with Crippen LogP contribution in [0.4, 0.5) is 5.13 Å². The van der Waals surface area contributed by atoms with Gasteiger partial charge in [0, 0.05) is 24.1 Å². The first kappa shape index (κ1) is 24.2. The zero-order chi connectivity index (χ0) is 24.5. The Kier molecular flexibility index (Phi) is 6.94. The van der Waals surface area contributed by atoms with Crippen molar-refractivity contribution in [1.29, 1.82) is 0 Å². The van der Waals surface area contributed by atoms with Crippen molar-refractivity contribution < 1.29 is 13.2 Å². The zero-order valence-electron chi connectivity index (χ0n) is 18.6. The van der Waals surface area contributed by atoms with E-state index in [4.69, 9.17) is 0 Å². The average Bonchev–Trinajstić information content (AvgIpc) is 3.23. The second kappa shape index (κ2) is 9.75. The molecule has 174 valence electrons. The highest BCUT2D eigenvalue weighted by molar-refractivity contribution is 9.10. The third-order valence-electron chi connectivity index (χ3n) is 4.98. The van der Waals surface area contributed by atoms with Gasteiger partial charge in [-0.25, -0.2) is 17.7 Å². The van der Waals surface area contributed by atoms with Gasteiger partial charge in [-0.05, 0) is 66.6 Å². The predicted molar refractivity (Wildman–Crippen MR) is 140 cm³/mol. The number of hydrogen-bond acceptors (Lipinski definition) is 6. The van der Waals surface area contributed by atoms with E-state index >= 15 is 0 Å². The number of hydrazone groups is 1. The number of rotatable bonds is 6. The maximum atomic E-state index is 13.5. The molecule has 0 fully saturated rings. The summed E-state index contributed by atoms with van der Waals surface area (Å²) in [5.74, 6) is -0.419. The lowest BCUT2D eigenvalue weighted by atomic mass is 10.2. The Balaban J connectivity index is 1.73. The van der Waals surface area contributed by atoms with Crippen LogP contribution in [-0.2, 0) is 10.0 Å². The normalized spacial score (nSPS) is 12.0. The summed E-state index contributed by atoms with van der Waals surface area (Å²) in [7, 11) is -0.678. The molecule has 7 nitrogen and oxygen atoms in total. The Labute approximate surface area is 210 Å². The van der Waals surface area contributed by atoms with Crippen LogP contribution in [0.5, 0.6) is 0 Å². The van der Waals surface area contributed by atoms with Gasteiger partial charge in [0.15, 0.2) is 0 Å². The molecule has 0 bridgehead atoms.